The van der Waals surface area contributed by atoms with Crippen LogP contribution in [0, 0.1) is 0 Å². The van der Waals surface area contributed by atoms with E-state index in [0.29, 0.717) is 0 Å². The van der Waals surface area contributed by atoms with Gasteiger partial charge in [0.25, 0.3) is 0 Å². The average Bonchev–Trinajstić information content (AvgIpc) is 2.63. The molecule has 1 aliphatic rings. The van der Waals surface area contributed by atoms with Crippen molar-refractivity contribution in [3.05, 3.63) is 94.5 Å². The van der Waals surface area contributed by atoms with Crippen LogP contribution in [-0.4, -0.2) is 11.4 Å². The number of halogens is 2. The predicted molar refractivity (Wildman–Crippen MR) is 108 cm³/mol. The molecule has 1 nitrogen and oxygen atoms in total. The summed E-state index contributed by atoms with van der Waals surface area (Å²) in [6.07, 6.45) is 1.11. The van der Waals surface area contributed by atoms with Gasteiger partial charge in [0, 0.05) is 24.7 Å². The van der Waals surface area contributed by atoms with Crippen molar-refractivity contribution in [1.82, 2.24) is 4.90 Å². The van der Waals surface area contributed by atoms with Gasteiger partial charge in [-0.05, 0) is 46.4 Å². The third kappa shape index (κ3) is 4.07. The Balaban J connectivity index is 0.00000182. The van der Waals surface area contributed by atoms with Gasteiger partial charge in [-0.15, -0.1) is 12.4 Å². The topological polar surface area (TPSA) is 3.24 Å². The van der Waals surface area contributed by atoms with Gasteiger partial charge in [-0.1, -0.05) is 72.3 Å². The van der Waals surface area contributed by atoms with Gasteiger partial charge in [0.1, 0.15) is 0 Å². The fraction of sp³-hybridized carbons (Fsp3) is 0.182. The molecule has 0 aliphatic carbocycles. The van der Waals surface area contributed by atoms with Crippen molar-refractivity contribution in [3.63, 3.8) is 0 Å². The van der Waals surface area contributed by atoms with Gasteiger partial charge in [0.15, 0.2) is 0 Å². The minimum absolute atomic E-state index is 0. The van der Waals surface area contributed by atoms with E-state index in [1.165, 1.54) is 27.8 Å². The molecule has 0 aromatic heterocycles. The predicted octanol–water partition coefficient (Wildman–Crippen LogP) is 5.99. The number of fused-ring (bicyclic) bond motifs is 1. The Kier molecular flexibility index (Phi) is 5.80. The maximum Gasteiger partial charge on any atom is 0.0406 e. The van der Waals surface area contributed by atoms with E-state index >= 15 is 0 Å². The van der Waals surface area contributed by atoms with Crippen LogP contribution >= 0.6 is 24.0 Å². The molecular formula is C22H21Cl2N. The third-order valence-electron chi connectivity index (χ3n) is 4.76. The molecular weight excluding hydrogens is 349 g/mol. The molecule has 0 N–H and O–H groups in total. The van der Waals surface area contributed by atoms with E-state index in [1.54, 1.807) is 0 Å². The van der Waals surface area contributed by atoms with Crippen molar-refractivity contribution in [2.75, 3.05) is 6.54 Å². The minimum Gasteiger partial charge on any atom is -0.294 e. The lowest BCUT2D eigenvalue weighted by Crippen LogP contribution is -2.30. The summed E-state index contributed by atoms with van der Waals surface area (Å²) >= 11 is 6.05. The number of hydrogen-bond acceptors (Lipinski definition) is 1. The van der Waals surface area contributed by atoms with Gasteiger partial charge in [0.05, 0.1) is 0 Å². The van der Waals surface area contributed by atoms with Gasteiger partial charge in [-0.2, -0.15) is 0 Å². The molecule has 0 amide bonds. The fourth-order valence-corrected chi connectivity index (χ4v) is 3.64. The average molecular weight is 370 g/mol. The first-order valence-electron chi connectivity index (χ1n) is 8.42. The Hall–Kier alpha value is -1.80. The zero-order valence-electron chi connectivity index (χ0n) is 14.0. The lowest BCUT2D eigenvalue weighted by Gasteiger charge is -2.30. The second kappa shape index (κ2) is 8.05. The lowest BCUT2D eigenvalue weighted by molar-refractivity contribution is 0.246. The molecule has 3 heteroatoms. The Morgan fingerprint density at radius 3 is 2.36 bits per heavy atom. The number of benzene rings is 3. The zero-order valence-corrected chi connectivity index (χ0v) is 15.6. The van der Waals surface area contributed by atoms with Crippen LogP contribution in [0.5, 0.6) is 0 Å². The van der Waals surface area contributed by atoms with Crippen molar-refractivity contribution in [2.45, 2.75) is 19.5 Å². The van der Waals surface area contributed by atoms with Crippen molar-refractivity contribution >= 4 is 24.0 Å². The quantitative estimate of drug-likeness (QED) is 0.548. The summed E-state index contributed by atoms with van der Waals surface area (Å²) in [6.45, 7) is 3.13. The van der Waals surface area contributed by atoms with E-state index < -0.39 is 0 Å². The van der Waals surface area contributed by atoms with Crippen molar-refractivity contribution in [3.8, 4) is 11.1 Å². The summed E-state index contributed by atoms with van der Waals surface area (Å²) < 4.78 is 0. The molecule has 128 valence electrons. The summed E-state index contributed by atoms with van der Waals surface area (Å²) in [4.78, 5) is 2.54. The van der Waals surface area contributed by atoms with E-state index in [2.05, 4.69) is 65.6 Å². The normalized spacial score (nSPS) is 13.8. The highest BCUT2D eigenvalue weighted by Crippen LogP contribution is 2.31. The highest BCUT2D eigenvalue weighted by atomic mass is 35.5. The lowest BCUT2D eigenvalue weighted by atomic mass is 9.91. The van der Waals surface area contributed by atoms with Crippen LogP contribution in [0.15, 0.2) is 72.8 Å². The van der Waals surface area contributed by atoms with Crippen LogP contribution < -0.4 is 0 Å². The van der Waals surface area contributed by atoms with Crippen LogP contribution in [0.25, 0.3) is 11.1 Å². The molecule has 1 heterocycles. The van der Waals surface area contributed by atoms with E-state index in [-0.39, 0.29) is 12.4 Å². The van der Waals surface area contributed by atoms with Gasteiger partial charge >= 0.3 is 0 Å². The summed E-state index contributed by atoms with van der Waals surface area (Å²) in [5, 5.41) is 0.786. The second-order valence-electron chi connectivity index (χ2n) is 6.40. The van der Waals surface area contributed by atoms with Crippen LogP contribution in [0.4, 0.5) is 0 Å². The van der Waals surface area contributed by atoms with Crippen LogP contribution in [0.1, 0.15) is 16.7 Å². The molecule has 3 aromatic rings. The SMILES string of the molecule is Cl.Clc1ccc(-c2cccc3c2CN(Cc2ccccc2)CC3)cc1. The first kappa shape index (κ1) is 18.0. The van der Waals surface area contributed by atoms with Crippen LogP contribution in [-0.2, 0) is 19.5 Å². The van der Waals surface area contributed by atoms with E-state index in [4.69, 9.17) is 11.6 Å². The van der Waals surface area contributed by atoms with E-state index in [1.807, 2.05) is 12.1 Å². The molecule has 0 unspecified atom stereocenters. The van der Waals surface area contributed by atoms with Crippen molar-refractivity contribution in [2.24, 2.45) is 0 Å². The first-order chi connectivity index (χ1) is 11.8. The van der Waals surface area contributed by atoms with E-state index in [9.17, 15) is 0 Å². The Bertz CT molecular complexity index is 828. The summed E-state index contributed by atoms with van der Waals surface area (Å²) in [6, 6.07) is 25.6. The summed E-state index contributed by atoms with van der Waals surface area (Å²) in [5.41, 5.74) is 6.90. The Morgan fingerprint density at radius 2 is 1.60 bits per heavy atom. The molecule has 3 aromatic carbocycles. The monoisotopic (exact) mass is 369 g/mol. The minimum atomic E-state index is 0. The van der Waals surface area contributed by atoms with E-state index in [0.717, 1.165) is 31.1 Å². The third-order valence-corrected chi connectivity index (χ3v) is 5.01. The van der Waals surface area contributed by atoms with Crippen LogP contribution in [0.2, 0.25) is 5.02 Å². The zero-order chi connectivity index (χ0) is 16.4. The maximum atomic E-state index is 6.05. The van der Waals surface area contributed by atoms with Crippen molar-refractivity contribution < 1.29 is 0 Å². The fourth-order valence-electron chi connectivity index (χ4n) is 3.51. The molecule has 0 spiro atoms. The highest BCUT2D eigenvalue weighted by molar-refractivity contribution is 6.30. The van der Waals surface area contributed by atoms with Gasteiger partial charge < -0.3 is 0 Å². The standard InChI is InChI=1S/C22H20ClN.ClH/c23-20-11-9-19(10-12-20)21-8-4-7-18-13-14-24(16-22(18)21)15-17-5-2-1-3-6-17;/h1-12H,13-16H2;1H. The highest BCUT2D eigenvalue weighted by Gasteiger charge is 2.19. The molecule has 0 atom stereocenters. The first-order valence-corrected chi connectivity index (χ1v) is 8.80. The second-order valence-corrected chi connectivity index (χ2v) is 6.83. The molecule has 0 fully saturated rings. The van der Waals surface area contributed by atoms with Gasteiger partial charge in [0.2, 0.25) is 0 Å². The Labute approximate surface area is 160 Å². The largest absolute Gasteiger partial charge is 0.294 e. The molecule has 4 rings (SSSR count). The van der Waals surface area contributed by atoms with Crippen LogP contribution in [0.3, 0.4) is 0 Å². The Morgan fingerprint density at radius 1 is 0.840 bits per heavy atom. The molecule has 0 saturated carbocycles. The maximum absolute atomic E-state index is 6.05. The smallest absolute Gasteiger partial charge is 0.0406 e. The molecule has 0 radical (unpaired) electrons. The van der Waals surface area contributed by atoms with Gasteiger partial charge in [-0.25, -0.2) is 0 Å². The number of rotatable bonds is 3. The molecule has 0 saturated heterocycles. The number of hydrogen-bond donors (Lipinski definition) is 0. The molecule has 0 bridgehead atoms. The summed E-state index contributed by atoms with van der Waals surface area (Å²) in [5.74, 6) is 0. The molecule has 1 aliphatic heterocycles. The summed E-state index contributed by atoms with van der Waals surface area (Å²) in [7, 11) is 0. The molecule has 25 heavy (non-hydrogen) atoms. The van der Waals surface area contributed by atoms with Crippen molar-refractivity contribution in [1.29, 1.82) is 0 Å². The van der Waals surface area contributed by atoms with Gasteiger partial charge in [-0.3, -0.25) is 4.90 Å². The number of nitrogens with zero attached hydrogens (tertiary/aromatic N) is 1.